The second-order valence-corrected chi connectivity index (χ2v) is 9.69. The number of hydrogen-bond donors (Lipinski definition) is 3. The number of nitrogens with zero attached hydrogens (tertiary/aromatic N) is 3. The number of hydrogen-bond acceptors (Lipinski definition) is 5. The quantitative estimate of drug-likeness (QED) is 0.255. The van der Waals surface area contributed by atoms with E-state index in [0.29, 0.717) is 45.2 Å². The summed E-state index contributed by atoms with van der Waals surface area (Å²) in [6.45, 7) is 2.83. The molecule has 196 valence electrons. The molecule has 0 aliphatic carbocycles. The number of fused-ring (bicyclic) bond motifs is 1. The lowest BCUT2D eigenvalue weighted by Crippen LogP contribution is -2.35. The van der Waals surface area contributed by atoms with Crippen LogP contribution < -0.4 is 4.90 Å². The van der Waals surface area contributed by atoms with Crippen molar-refractivity contribution in [2.24, 2.45) is 4.99 Å². The molecular formula is C29H29ClN4O4. The smallest absolute Gasteiger partial charge is 0.307 e. The zero-order valence-electron chi connectivity index (χ0n) is 21.4. The van der Waals surface area contributed by atoms with Gasteiger partial charge < -0.3 is 25.0 Å². The minimum atomic E-state index is -0.914. The Hall–Kier alpha value is -4.14. The van der Waals surface area contributed by atoms with Crippen molar-refractivity contribution in [2.45, 2.75) is 13.3 Å². The summed E-state index contributed by atoms with van der Waals surface area (Å²) in [5.41, 5.74) is 4.41. The summed E-state index contributed by atoms with van der Waals surface area (Å²) in [4.78, 5) is 35.0. The number of carbonyl (C=O) groups excluding carboxylic acids is 1. The molecule has 38 heavy (non-hydrogen) atoms. The SMILES string of the molecule is CC(=O)N(CCN(C)C)c1ccc(N=C(c2ccc(CC(=O)O)cc2)c2c(O)[nH]c3cc(Cl)ccc23)cc1. The number of aliphatic imine (C=N–C) groups is 1. The Morgan fingerprint density at radius 1 is 0.974 bits per heavy atom. The van der Waals surface area contributed by atoms with Gasteiger partial charge in [-0.25, -0.2) is 4.99 Å². The first-order valence-corrected chi connectivity index (χ1v) is 12.4. The summed E-state index contributed by atoms with van der Waals surface area (Å²) in [5, 5.41) is 21.3. The number of aromatic amines is 1. The van der Waals surface area contributed by atoms with Crippen LogP contribution in [0, 0.1) is 0 Å². The zero-order valence-corrected chi connectivity index (χ0v) is 22.2. The maximum atomic E-state index is 12.2. The number of aliphatic carboxylic acids is 1. The zero-order chi connectivity index (χ0) is 27.4. The van der Waals surface area contributed by atoms with Crippen molar-refractivity contribution in [3.63, 3.8) is 0 Å². The largest absolute Gasteiger partial charge is 0.494 e. The number of benzene rings is 3. The third-order valence-corrected chi connectivity index (χ3v) is 6.35. The molecule has 0 unspecified atom stereocenters. The van der Waals surface area contributed by atoms with Crippen LogP contribution in [0.3, 0.4) is 0 Å². The van der Waals surface area contributed by atoms with Gasteiger partial charge in [-0.2, -0.15) is 0 Å². The van der Waals surface area contributed by atoms with Gasteiger partial charge in [-0.15, -0.1) is 0 Å². The van der Waals surface area contributed by atoms with E-state index >= 15 is 0 Å². The van der Waals surface area contributed by atoms with Gasteiger partial charge in [-0.3, -0.25) is 9.59 Å². The molecular weight excluding hydrogens is 504 g/mol. The highest BCUT2D eigenvalue weighted by Gasteiger charge is 2.19. The Balaban J connectivity index is 1.79. The van der Waals surface area contributed by atoms with Crippen LogP contribution in [-0.4, -0.2) is 64.9 Å². The van der Waals surface area contributed by atoms with Crippen molar-refractivity contribution < 1.29 is 19.8 Å². The number of anilines is 1. The van der Waals surface area contributed by atoms with E-state index in [9.17, 15) is 14.7 Å². The molecule has 0 atom stereocenters. The third kappa shape index (κ3) is 6.22. The number of carboxylic acid groups (broad SMARTS) is 1. The maximum absolute atomic E-state index is 12.2. The fraction of sp³-hybridized carbons (Fsp3) is 0.207. The van der Waals surface area contributed by atoms with E-state index in [-0.39, 0.29) is 18.2 Å². The van der Waals surface area contributed by atoms with Crippen molar-refractivity contribution in [1.29, 1.82) is 0 Å². The van der Waals surface area contributed by atoms with E-state index < -0.39 is 5.97 Å². The molecule has 1 heterocycles. The molecule has 0 radical (unpaired) electrons. The number of halogens is 1. The van der Waals surface area contributed by atoms with Crippen LogP contribution in [0.4, 0.5) is 11.4 Å². The lowest BCUT2D eigenvalue weighted by atomic mass is 9.99. The molecule has 0 aliphatic heterocycles. The first-order valence-electron chi connectivity index (χ1n) is 12.1. The molecule has 0 aliphatic rings. The second-order valence-electron chi connectivity index (χ2n) is 9.26. The van der Waals surface area contributed by atoms with E-state index in [2.05, 4.69) is 4.98 Å². The highest BCUT2D eigenvalue weighted by Crippen LogP contribution is 2.33. The molecule has 4 rings (SSSR count). The molecule has 3 aromatic carbocycles. The molecule has 3 N–H and O–H groups in total. The predicted molar refractivity (Wildman–Crippen MR) is 151 cm³/mol. The van der Waals surface area contributed by atoms with E-state index in [1.54, 1.807) is 48.2 Å². The molecule has 1 amide bonds. The highest BCUT2D eigenvalue weighted by molar-refractivity contribution is 6.31. The molecule has 9 heteroatoms. The van der Waals surface area contributed by atoms with Gasteiger partial charge in [0.1, 0.15) is 0 Å². The Bertz CT molecular complexity index is 1490. The molecule has 0 saturated heterocycles. The Kier molecular flexibility index (Phi) is 8.14. The third-order valence-electron chi connectivity index (χ3n) is 6.11. The van der Waals surface area contributed by atoms with E-state index in [1.807, 2.05) is 49.3 Å². The van der Waals surface area contributed by atoms with E-state index in [0.717, 1.165) is 17.6 Å². The fourth-order valence-electron chi connectivity index (χ4n) is 4.22. The van der Waals surface area contributed by atoms with Gasteiger partial charge in [-0.1, -0.05) is 41.9 Å². The maximum Gasteiger partial charge on any atom is 0.307 e. The van der Waals surface area contributed by atoms with Gasteiger partial charge in [0.05, 0.1) is 28.9 Å². The van der Waals surface area contributed by atoms with Crippen molar-refractivity contribution >= 4 is 51.5 Å². The standard InChI is InChI=1S/C29H29ClN4O4/c1-18(35)34(15-14-33(2)3)23-11-9-22(10-12-23)31-28(20-6-4-19(5-7-20)16-26(36)37)27-24-13-8-21(30)17-25(24)32-29(27)38/h4-13,17,32,38H,14-16H2,1-3H3,(H,36,37). The molecule has 0 spiro atoms. The van der Waals surface area contributed by atoms with Crippen LogP contribution in [-0.2, 0) is 16.0 Å². The average molecular weight is 533 g/mol. The van der Waals surface area contributed by atoms with Crippen molar-refractivity contribution in [3.8, 4) is 5.88 Å². The van der Waals surface area contributed by atoms with E-state index in [1.165, 1.54) is 0 Å². The minimum Gasteiger partial charge on any atom is -0.494 e. The first-order chi connectivity index (χ1) is 18.1. The Morgan fingerprint density at radius 2 is 1.66 bits per heavy atom. The average Bonchev–Trinajstić information content (AvgIpc) is 3.17. The topological polar surface area (TPSA) is 109 Å². The Labute approximate surface area is 225 Å². The van der Waals surface area contributed by atoms with Gasteiger partial charge in [0.2, 0.25) is 5.91 Å². The summed E-state index contributed by atoms with van der Waals surface area (Å²) >= 11 is 6.16. The molecule has 0 saturated carbocycles. The number of likely N-dealkylation sites (N-methyl/N-ethyl adjacent to an activating group) is 1. The number of nitrogens with one attached hydrogen (secondary N) is 1. The minimum absolute atomic E-state index is 0.0485. The number of rotatable bonds is 9. The molecule has 0 bridgehead atoms. The predicted octanol–water partition coefficient (Wildman–Crippen LogP) is 5.24. The van der Waals surface area contributed by atoms with Crippen molar-refractivity contribution in [1.82, 2.24) is 9.88 Å². The normalized spacial score (nSPS) is 11.8. The van der Waals surface area contributed by atoms with Gasteiger partial charge in [0, 0.05) is 41.7 Å². The van der Waals surface area contributed by atoms with Crippen LogP contribution >= 0.6 is 11.6 Å². The number of amides is 1. The first kappa shape index (κ1) is 26.9. The number of H-pyrrole nitrogens is 1. The fourth-order valence-corrected chi connectivity index (χ4v) is 4.39. The molecule has 0 fully saturated rings. The van der Waals surface area contributed by atoms with E-state index in [4.69, 9.17) is 21.7 Å². The lowest BCUT2D eigenvalue weighted by Gasteiger charge is -2.23. The van der Waals surface area contributed by atoms with Gasteiger partial charge in [0.15, 0.2) is 5.88 Å². The van der Waals surface area contributed by atoms with Gasteiger partial charge in [0.25, 0.3) is 0 Å². The number of carboxylic acids is 1. The summed E-state index contributed by atoms with van der Waals surface area (Å²) in [6.07, 6.45) is -0.0917. The summed E-state index contributed by atoms with van der Waals surface area (Å²) in [7, 11) is 3.92. The summed E-state index contributed by atoms with van der Waals surface area (Å²) in [6, 6.07) is 19.7. The molecule has 1 aromatic heterocycles. The lowest BCUT2D eigenvalue weighted by molar-refractivity contribution is -0.136. The Morgan fingerprint density at radius 3 is 2.26 bits per heavy atom. The molecule has 8 nitrogen and oxygen atoms in total. The second kappa shape index (κ2) is 11.5. The molecule has 4 aromatic rings. The number of carbonyl (C=O) groups is 2. The van der Waals surface area contributed by atoms with Crippen molar-refractivity contribution in [2.75, 3.05) is 32.1 Å². The summed E-state index contributed by atoms with van der Waals surface area (Å²) < 4.78 is 0. The van der Waals surface area contributed by atoms with Crippen LogP contribution in [0.25, 0.3) is 10.9 Å². The number of aromatic hydroxyl groups is 1. The van der Waals surface area contributed by atoms with Crippen LogP contribution in [0.2, 0.25) is 5.02 Å². The van der Waals surface area contributed by atoms with Gasteiger partial charge in [-0.05, 0) is 56.1 Å². The van der Waals surface area contributed by atoms with Crippen molar-refractivity contribution in [3.05, 3.63) is 88.4 Å². The van der Waals surface area contributed by atoms with Gasteiger partial charge >= 0.3 is 5.97 Å². The van der Waals surface area contributed by atoms with Crippen LogP contribution in [0.5, 0.6) is 5.88 Å². The van der Waals surface area contributed by atoms with Crippen LogP contribution in [0.15, 0.2) is 71.7 Å². The highest BCUT2D eigenvalue weighted by atomic mass is 35.5. The van der Waals surface area contributed by atoms with Crippen LogP contribution in [0.1, 0.15) is 23.6 Å². The number of aromatic nitrogens is 1. The monoisotopic (exact) mass is 532 g/mol. The summed E-state index contributed by atoms with van der Waals surface area (Å²) in [5.74, 6) is -1.02.